The van der Waals surface area contributed by atoms with Gasteiger partial charge in [0.2, 0.25) is 0 Å². The molecule has 0 bridgehead atoms. The van der Waals surface area contributed by atoms with Gasteiger partial charge in [0, 0.05) is 6.42 Å². The van der Waals surface area contributed by atoms with Crippen LogP contribution in [0.4, 0.5) is 0 Å². The van der Waals surface area contributed by atoms with Gasteiger partial charge in [0.05, 0.1) is 12.7 Å². The largest absolute Gasteiger partial charge is 0.463 e. The second-order valence-corrected chi connectivity index (χ2v) is 11.3. The van der Waals surface area contributed by atoms with Crippen molar-refractivity contribution in [2.24, 2.45) is 0 Å². The zero-order valence-electron chi connectivity index (χ0n) is 24.9. The molecule has 0 unspecified atom stereocenters. The summed E-state index contributed by atoms with van der Waals surface area (Å²) in [6, 6.07) is 0. The van der Waals surface area contributed by atoms with Gasteiger partial charge in [0.1, 0.15) is 0 Å². The maximum Gasteiger partial charge on any atom is 0.397 e. The van der Waals surface area contributed by atoms with E-state index in [1.165, 1.54) is 109 Å². The number of esters is 1. The van der Waals surface area contributed by atoms with Crippen molar-refractivity contribution in [2.45, 2.75) is 175 Å². The summed E-state index contributed by atoms with van der Waals surface area (Å²) >= 11 is 0. The van der Waals surface area contributed by atoms with Gasteiger partial charge in [-0.15, -0.1) is 0 Å². The molecule has 0 spiro atoms. The van der Waals surface area contributed by atoms with Crippen molar-refractivity contribution >= 4 is 16.4 Å². The summed E-state index contributed by atoms with van der Waals surface area (Å²) in [5, 5.41) is 0. The van der Waals surface area contributed by atoms with Crippen LogP contribution in [0, 0.1) is 0 Å². The van der Waals surface area contributed by atoms with E-state index in [0.717, 1.165) is 19.3 Å². The molecule has 0 saturated carbocycles. The molecule has 0 aliphatic rings. The van der Waals surface area contributed by atoms with Crippen molar-refractivity contribution in [3.8, 4) is 0 Å². The number of unbranched alkanes of at least 4 members (excludes halogenated alkanes) is 19. The summed E-state index contributed by atoms with van der Waals surface area (Å²) in [4.78, 5) is 11.3. The van der Waals surface area contributed by atoms with Gasteiger partial charge in [-0.1, -0.05) is 136 Å². The maximum absolute atomic E-state index is 11.3. The molecule has 0 aromatic rings. The Morgan fingerprint density at radius 2 is 0.946 bits per heavy atom. The summed E-state index contributed by atoms with van der Waals surface area (Å²) in [7, 11) is -4.23. The Morgan fingerprint density at radius 1 is 0.622 bits per heavy atom. The Bertz CT molecular complexity index is 555. The summed E-state index contributed by atoms with van der Waals surface area (Å²) in [5.41, 5.74) is 0. The highest BCUT2D eigenvalue weighted by Gasteiger charge is 2.04. The number of carbonyl (C=O) groups is 1. The number of carbonyl (C=O) groups excluding carboxylic acids is 1. The van der Waals surface area contributed by atoms with Crippen LogP contribution >= 0.6 is 0 Å². The normalized spacial score (nSPS) is 11.1. The molecule has 0 atom stereocenters. The fraction of sp³-hybridized carbons (Fsp3) is 0.966. The van der Waals surface area contributed by atoms with E-state index >= 15 is 0 Å². The molecule has 226 valence electrons. The topological polar surface area (TPSA) is 125 Å². The molecule has 37 heavy (non-hydrogen) atoms. The van der Waals surface area contributed by atoms with Crippen LogP contribution < -0.4 is 6.15 Å². The SMILES string of the molecule is CCCCCCCCCCCCCC(=O)OC(C)C.CCCCCCCCCCCCOS(=O)(=O)O.N. The third-order valence-corrected chi connectivity index (χ3v) is 6.55. The van der Waals surface area contributed by atoms with Gasteiger partial charge in [0.25, 0.3) is 0 Å². The van der Waals surface area contributed by atoms with Crippen molar-refractivity contribution in [1.29, 1.82) is 0 Å². The van der Waals surface area contributed by atoms with Crippen LogP contribution in [0.25, 0.3) is 0 Å². The molecule has 0 aliphatic carbocycles. The quantitative estimate of drug-likeness (QED) is 0.0654. The molecule has 0 aromatic heterocycles. The van der Waals surface area contributed by atoms with Crippen LogP contribution in [0.2, 0.25) is 0 Å². The van der Waals surface area contributed by atoms with E-state index in [2.05, 4.69) is 18.0 Å². The van der Waals surface area contributed by atoms with Crippen LogP contribution in [0.1, 0.15) is 169 Å². The average molecular weight is 554 g/mol. The lowest BCUT2D eigenvalue weighted by molar-refractivity contribution is -0.147. The lowest BCUT2D eigenvalue weighted by atomic mass is 10.1. The van der Waals surface area contributed by atoms with Gasteiger partial charge in [-0.05, 0) is 26.7 Å². The standard InChI is InChI=1S/C17H34O2.C12H26O4S.H3N/c1-4-5-6-7-8-9-10-11-12-13-14-15-17(18)19-16(2)3;1-2-3-4-5-6-7-8-9-10-11-12-16-17(13,14)15;/h16H,4-15H2,1-3H3;2-12H2,1H3,(H,13,14,15);1H3. The van der Waals surface area contributed by atoms with Gasteiger partial charge in [-0.25, -0.2) is 4.18 Å². The van der Waals surface area contributed by atoms with Gasteiger partial charge >= 0.3 is 16.4 Å². The van der Waals surface area contributed by atoms with E-state index in [1.54, 1.807) is 0 Å². The molecule has 0 rings (SSSR count). The number of ether oxygens (including phenoxy) is 1. The van der Waals surface area contributed by atoms with Gasteiger partial charge in [0.15, 0.2) is 0 Å². The van der Waals surface area contributed by atoms with E-state index in [-0.39, 0.29) is 24.8 Å². The zero-order valence-corrected chi connectivity index (χ0v) is 25.8. The van der Waals surface area contributed by atoms with Crippen molar-refractivity contribution < 1.29 is 26.7 Å². The molecule has 0 fully saturated rings. The molecule has 8 heteroatoms. The van der Waals surface area contributed by atoms with Crippen LogP contribution in [-0.2, 0) is 24.1 Å². The Morgan fingerprint density at radius 3 is 1.27 bits per heavy atom. The Labute approximate surface area is 230 Å². The Kier molecular flexibility index (Phi) is 34.7. The van der Waals surface area contributed by atoms with Gasteiger partial charge in [-0.3, -0.25) is 9.35 Å². The van der Waals surface area contributed by atoms with E-state index in [4.69, 9.17) is 9.29 Å². The minimum Gasteiger partial charge on any atom is -0.463 e. The number of hydrogen-bond donors (Lipinski definition) is 2. The van der Waals surface area contributed by atoms with Crippen LogP contribution in [-0.4, -0.2) is 31.7 Å². The Balaban J connectivity index is -0.000000612. The molecule has 4 N–H and O–H groups in total. The fourth-order valence-electron chi connectivity index (χ4n) is 4.01. The molecule has 0 radical (unpaired) electrons. The third-order valence-electron chi connectivity index (χ3n) is 6.08. The van der Waals surface area contributed by atoms with Crippen molar-refractivity contribution in [1.82, 2.24) is 6.15 Å². The van der Waals surface area contributed by atoms with Crippen LogP contribution in [0.5, 0.6) is 0 Å². The average Bonchev–Trinajstić information content (AvgIpc) is 2.80. The predicted octanol–water partition coefficient (Wildman–Crippen LogP) is 9.53. The highest BCUT2D eigenvalue weighted by Crippen LogP contribution is 2.13. The number of rotatable bonds is 25. The second-order valence-electron chi connectivity index (χ2n) is 10.3. The molecular formula is C29H63NO6S. The van der Waals surface area contributed by atoms with E-state index in [0.29, 0.717) is 12.8 Å². The minimum absolute atomic E-state index is 0. The molecule has 0 aliphatic heterocycles. The summed E-state index contributed by atoms with van der Waals surface area (Å²) in [6.07, 6.45) is 26.9. The van der Waals surface area contributed by atoms with E-state index < -0.39 is 10.4 Å². The first-order chi connectivity index (χ1) is 17.2. The smallest absolute Gasteiger partial charge is 0.397 e. The van der Waals surface area contributed by atoms with E-state index in [9.17, 15) is 13.2 Å². The third kappa shape index (κ3) is 42.6. The molecular weight excluding hydrogens is 490 g/mol. The van der Waals surface area contributed by atoms with Crippen molar-refractivity contribution in [2.75, 3.05) is 6.61 Å². The van der Waals surface area contributed by atoms with E-state index in [1.807, 2.05) is 13.8 Å². The van der Waals surface area contributed by atoms with Gasteiger partial charge in [-0.2, -0.15) is 8.42 Å². The maximum atomic E-state index is 11.3. The highest BCUT2D eigenvalue weighted by atomic mass is 32.3. The molecule has 0 saturated heterocycles. The molecule has 7 nitrogen and oxygen atoms in total. The second kappa shape index (κ2) is 31.5. The van der Waals surface area contributed by atoms with Gasteiger partial charge < -0.3 is 10.9 Å². The highest BCUT2D eigenvalue weighted by molar-refractivity contribution is 7.80. The summed E-state index contributed by atoms with van der Waals surface area (Å²) in [5.74, 6) is -0.0362. The first kappa shape index (κ1) is 40.8. The zero-order chi connectivity index (χ0) is 27.3. The summed E-state index contributed by atoms with van der Waals surface area (Å²) in [6.45, 7) is 8.37. The molecule has 0 heterocycles. The number of hydrogen-bond acceptors (Lipinski definition) is 6. The first-order valence-corrected chi connectivity index (χ1v) is 16.4. The predicted molar refractivity (Wildman–Crippen MR) is 157 cm³/mol. The van der Waals surface area contributed by atoms with Crippen LogP contribution in [0.15, 0.2) is 0 Å². The summed E-state index contributed by atoms with van der Waals surface area (Å²) < 4.78 is 38.1. The van der Waals surface area contributed by atoms with Crippen molar-refractivity contribution in [3.63, 3.8) is 0 Å². The first-order valence-electron chi connectivity index (χ1n) is 15.0. The monoisotopic (exact) mass is 553 g/mol. The lowest BCUT2D eigenvalue weighted by Gasteiger charge is -2.07. The lowest BCUT2D eigenvalue weighted by Crippen LogP contribution is -2.10. The Hall–Kier alpha value is -0.700. The fourth-order valence-corrected chi connectivity index (χ4v) is 4.34. The minimum atomic E-state index is -4.23. The molecule has 0 amide bonds. The van der Waals surface area contributed by atoms with Crippen LogP contribution in [0.3, 0.4) is 0 Å². The molecule has 0 aromatic carbocycles. The van der Waals surface area contributed by atoms with Crippen molar-refractivity contribution in [3.05, 3.63) is 0 Å².